The van der Waals surface area contributed by atoms with Crippen LogP contribution in [0.3, 0.4) is 0 Å². The number of halogens is 1. The highest BCUT2D eigenvalue weighted by molar-refractivity contribution is 8.26. The summed E-state index contributed by atoms with van der Waals surface area (Å²) in [4.78, 5) is 14.4. The number of hydrogen-bond acceptors (Lipinski definition) is 3. The Labute approximate surface area is 128 Å². The number of benzene rings is 1. The molecule has 1 fully saturated rings. The lowest BCUT2D eigenvalue weighted by Crippen LogP contribution is -2.28. The van der Waals surface area contributed by atoms with Crippen LogP contribution in [0.25, 0.3) is 6.08 Å². The molecule has 1 aromatic carbocycles. The fraction of sp³-hybridized carbons (Fsp3) is 0.333. The second kappa shape index (κ2) is 6.99. The highest BCUT2D eigenvalue weighted by Gasteiger charge is 2.31. The van der Waals surface area contributed by atoms with Crippen molar-refractivity contribution in [2.24, 2.45) is 0 Å². The third-order valence-corrected chi connectivity index (χ3v) is 4.43. The van der Waals surface area contributed by atoms with Gasteiger partial charge in [-0.25, -0.2) is 4.39 Å². The minimum atomic E-state index is -0.330. The summed E-state index contributed by atoms with van der Waals surface area (Å²) in [6, 6.07) is 6.41. The van der Waals surface area contributed by atoms with Gasteiger partial charge in [-0.3, -0.25) is 9.69 Å². The van der Waals surface area contributed by atoms with Crippen LogP contribution in [0.2, 0.25) is 0 Å². The highest BCUT2D eigenvalue weighted by atomic mass is 32.2. The van der Waals surface area contributed by atoms with E-state index in [2.05, 4.69) is 6.92 Å². The van der Waals surface area contributed by atoms with Crippen molar-refractivity contribution in [3.05, 3.63) is 40.6 Å². The number of amides is 1. The molecule has 5 heteroatoms. The van der Waals surface area contributed by atoms with E-state index in [-0.39, 0.29) is 11.7 Å². The maximum atomic E-state index is 13.6. The largest absolute Gasteiger partial charge is 0.293 e. The minimum Gasteiger partial charge on any atom is -0.293 e. The van der Waals surface area contributed by atoms with Crippen molar-refractivity contribution in [3.8, 4) is 0 Å². The van der Waals surface area contributed by atoms with Crippen LogP contribution in [0, 0.1) is 5.82 Å². The fourth-order valence-corrected chi connectivity index (χ4v) is 3.25. The summed E-state index contributed by atoms with van der Waals surface area (Å²) in [7, 11) is 0. The first-order valence-electron chi connectivity index (χ1n) is 6.63. The van der Waals surface area contributed by atoms with Gasteiger partial charge < -0.3 is 0 Å². The molecule has 0 unspecified atom stereocenters. The molecule has 0 spiro atoms. The van der Waals surface area contributed by atoms with E-state index in [4.69, 9.17) is 12.2 Å². The van der Waals surface area contributed by atoms with Crippen molar-refractivity contribution in [1.29, 1.82) is 0 Å². The Hall–Kier alpha value is -1.20. The van der Waals surface area contributed by atoms with Gasteiger partial charge in [0.1, 0.15) is 10.1 Å². The van der Waals surface area contributed by atoms with E-state index >= 15 is 0 Å². The van der Waals surface area contributed by atoms with Gasteiger partial charge in [0.25, 0.3) is 5.91 Å². The number of carbonyl (C=O) groups excluding carboxylic acids is 1. The number of thioether (sulfide) groups is 1. The quantitative estimate of drug-likeness (QED) is 0.461. The first-order chi connectivity index (χ1) is 9.63. The fourth-order valence-electron chi connectivity index (χ4n) is 1.95. The molecule has 1 aromatic rings. The van der Waals surface area contributed by atoms with E-state index in [0.717, 1.165) is 19.3 Å². The minimum absolute atomic E-state index is 0.112. The smallest absolute Gasteiger partial charge is 0.266 e. The van der Waals surface area contributed by atoms with Crippen LogP contribution >= 0.6 is 24.0 Å². The molecule has 20 heavy (non-hydrogen) atoms. The molecule has 0 atom stereocenters. The van der Waals surface area contributed by atoms with Gasteiger partial charge in [-0.1, -0.05) is 61.9 Å². The van der Waals surface area contributed by atoms with Gasteiger partial charge in [0.05, 0.1) is 4.91 Å². The molecule has 1 amide bonds. The summed E-state index contributed by atoms with van der Waals surface area (Å²) in [6.07, 6.45) is 4.69. The SMILES string of the molecule is CCCCCN1C(=O)/C(=C/c2ccccc2F)SC1=S. The number of rotatable bonds is 5. The molecule has 0 aromatic heterocycles. The van der Waals surface area contributed by atoms with E-state index in [1.165, 1.54) is 17.8 Å². The summed E-state index contributed by atoms with van der Waals surface area (Å²) >= 11 is 6.47. The average Bonchev–Trinajstić information content (AvgIpc) is 2.69. The molecule has 1 saturated heterocycles. The average molecular weight is 309 g/mol. The van der Waals surface area contributed by atoms with Crippen LogP contribution in [0.1, 0.15) is 31.7 Å². The second-order valence-electron chi connectivity index (χ2n) is 4.56. The molecule has 1 heterocycles. The Bertz CT molecular complexity index is 557. The summed E-state index contributed by atoms with van der Waals surface area (Å²) in [5.41, 5.74) is 0.418. The lowest BCUT2D eigenvalue weighted by molar-refractivity contribution is -0.122. The Morgan fingerprint density at radius 3 is 2.80 bits per heavy atom. The Morgan fingerprint density at radius 2 is 2.10 bits per heavy atom. The van der Waals surface area contributed by atoms with Crippen LogP contribution in [0.15, 0.2) is 29.2 Å². The third kappa shape index (κ3) is 3.46. The van der Waals surface area contributed by atoms with Crippen molar-refractivity contribution in [3.63, 3.8) is 0 Å². The van der Waals surface area contributed by atoms with Crippen LogP contribution in [0.4, 0.5) is 4.39 Å². The zero-order chi connectivity index (χ0) is 14.5. The molecule has 0 bridgehead atoms. The van der Waals surface area contributed by atoms with Gasteiger partial charge >= 0.3 is 0 Å². The van der Waals surface area contributed by atoms with Gasteiger partial charge in [0, 0.05) is 12.1 Å². The van der Waals surface area contributed by atoms with Crippen molar-refractivity contribution in [2.45, 2.75) is 26.2 Å². The summed E-state index contributed by atoms with van der Waals surface area (Å²) in [5, 5.41) is 0. The van der Waals surface area contributed by atoms with Crippen LogP contribution < -0.4 is 0 Å². The summed E-state index contributed by atoms with van der Waals surface area (Å²) < 4.78 is 14.2. The van der Waals surface area contributed by atoms with E-state index in [0.29, 0.717) is 21.3 Å². The molecular weight excluding hydrogens is 293 g/mol. The summed E-state index contributed by atoms with van der Waals surface area (Å²) in [5.74, 6) is -0.442. The van der Waals surface area contributed by atoms with E-state index in [9.17, 15) is 9.18 Å². The number of thiocarbonyl (C=S) groups is 1. The van der Waals surface area contributed by atoms with Gasteiger partial charge in [-0.2, -0.15) is 0 Å². The molecule has 2 rings (SSSR count). The first kappa shape index (κ1) is 15.2. The normalized spacial score (nSPS) is 17.3. The second-order valence-corrected chi connectivity index (χ2v) is 6.24. The lowest BCUT2D eigenvalue weighted by atomic mass is 10.2. The van der Waals surface area contributed by atoms with E-state index < -0.39 is 0 Å². The molecule has 0 radical (unpaired) electrons. The molecule has 1 aliphatic heterocycles. The number of carbonyl (C=O) groups is 1. The maximum absolute atomic E-state index is 13.6. The number of unbranched alkanes of at least 4 members (excludes halogenated alkanes) is 2. The molecule has 1 aliphatic rings. The van der Waals surface area contributed by atoms with Gasteiger partial charge in [-0.15, -0.1) is 0 Å². The predicted molar refractivity (Wildman–Crippen MR) is 85.8 cm³/mol. The molecule has 2 nitrogen and oxygen atoms in total. The number of hydrogen-bond donors (Lipinski definition) is 0. The zero-order valence-corrected chi connectivity index (χ0v) is 12.9. The van der Waals surface area contributed by atoms with Gasteiger partial charge in [0.15, 0.2) is 0 Å². The molecule has 106 valence electrons. The lowest BCUT2D eigenvalue weighted by Gasteiger charge is -2.13. The zero-order valence-electron chi connectivity index (χ0n) is 11.3. The Kier molecular flexibility index (Phi) is 5.31. The van der Waals surface area contributed by atoms with E-state index in [1.807, 2.05) is 0 Å². The van der Waals surface area contributed by atoms with Crippen molar-refractivity contribution in [2.75, 3.05) is 6.54 Å². The first-order valence-corrected chi connectivity index (χ1v) is 7.86. The van der Waals surface area contributed by atoms with Gasteiger partial charge in [-0.05, 0) is 18.6 Å². The van der Waals surface area contributed by atoms with E-state index in [1.54, 1.807) is 29.2 Å². The number of nitrogens with zero attached hydrogens (tertiary/aromatic N) is 1. The standard InChI is InChI=1S/C15H16FNOS2/c1-2-3-6-9-17-14(18)13(20-15(17)19)10-11-7-4-5-8-12(11)16/h4-5,7-8,10H,2-3,6,9H2,1H3/b13-10-. The Balaban J connectivity index is 2.13. The summed E-state index contributed by atoms with van der Waals surface area (Å²) in [6.45, 7) is 2.76. The molecular formula is C15H16FNOS2. The van der Waals surface area contributed by atoms with Crippen LogP contribution in [-0.4, -0.2) is 21.7 Å². The van der Waals surface area contributed by atoms with Crippen LogP contribution in [0.5, 0.6) is 0 Å². The molecule has 0 aliphatic carbocycles. The Morgan fingerprint density at radius 1 is 1.35 bits per heavy atom. The van der Waals surface area contributed by atoms with Gasteiger partial charge in [0.2, 0.25) is 0 Å². The van der Waals surface area contributed by atoms with Crippen molar-refractivity contribution < 1.29 is 9.18 Å². The van der Waals surface area contributed by atoms with Crippen LogP contribution in [-0.2, 0) is 4.79 Å². The highest BCUT2D eigenvalue weighted by Crippen LogP contribution is 2.33. The monoisotopic (exact) mass is 309 g/mol. The molecule has 0 N–H and O–H groups in total. The van der Waals surface area contributed by atoms with Crippen molar-refractivity contribution in [1.82, 2.24) is 4.90 Å². The predicted octanol–water partition coefficient (Wildman–Crippen LogP) is 4.22. The topological polar surface area (TPSA) is 20.3 Å². The molecule has 0 saturated carbocycles. The van der Waals surface area contributed by atoms with Crippen molar-refractivity contribution >= 4 is 40.3 Å². The third-order valence-electron chi connectivity index (χ3n) is 3.05. The maximum Gasteiger partial charge on any atom is 0.266 e.